The van der Waals surface area contributed by atoms with Crippen molar-refractivity contribution in [3.05, 3.63) is 40.7 Å². The SMILES string of the molecule is NCCn1cnc(-c2ccc([N+](=O)[O-])cc2)n1. The van der Waals surface area contributed by atoms with Crippen molar-refractivity contribution in [2.75, 3.05) is 6.54 Å². The van der Waals surface area contributed by atoms with Crippen LogP contribution in [0.25, 0.3) is 11.4 Å². The highest BCUT2D eigenvalue weighted by molar-refractivity contribution is 5.56. The van der Waals surface area contributed by atoms with Crippen LogP contribution >= 0.6 is 0 Å². The van der Waals surface area contributed by atoms with Crippen LogP contribution < -0.4 is 5.73 Å². The van der Waals surface area contributed by atoms with Crippen molar-refractivity contribution in [3.8, 4) is 11.4 Å². The van der Waals surface area contributed by atoms with Crippen molar-refractivity contribution in [1.82, 2.24) is 14.8 Å². The van der Waals surface area contributed by atoms with Gasteiger partial charge in [0.05, 0.1) is 11.5 Å². The third-order valence-electron chi connectivity index (χ3n) is 2.23. The van der Waals surface area contributed by atoms with Crippen LogP contribution in [0.4, 0.5) is 5.69 Å². The first-order valence-corrected chi connectivity index (χ1v) is 5.05. The van der Waals surface area contributed by atoms with Gasteiger partial charge in [-0.05, 0) is 12.1 Å². The van der Waals surface area contributed by atoms with E-state index < -0.39 is 4.92 Å². The van der Waals surface area contributed by atoms with Crippen molar-refractivity contribution in [2.45, 2.75) is 6.54 Å². The zero-order valence-electron chi connectivity index (χ0n) is 8.98. The summed E-state index contributed by atoms with van der Waals surface area (Å²) in [6, 6.07) is 6.11. The first-order valence-electron chi connectivity index (χ1n) is 5.05. The lowest BCUT2D eigenvalue weighted by Gasteiger charge is -1.96. The van der Waals surface area contributed by atoms with Gasteiger partial charge >= 0.3 is 0 Å². The zero-order valence-corrected chi connectivity index (χ0v) is 8.98. The lowest BCUT2D eigenvalue weighted by molar-refractivity contribution is -0.384. The van der Waals surface area contributed by atoms with Gasteiger partial charge in [0.25, 0.3) is 5.69 Å². The lowest BCUT2D eigenvalue weighted by Crippen LogP contribution is -2.10. The van der Waals surface area contributed by atoms with Crippen LogP contribution in [0, 0.1) is 10.1 Å². The summed E-state index contributed by atoms with van der Waals surface area (Å²) in [6.07, 6.45) is 1.59. The smallest absolute Gasteiger partial charge is 0.269 e. The van der Waals surface area contributed by atoms with Gasteiger partial charge in [-0.25, -0.2) is 4.98 Å². The minimum absolute atomic E-state index is 0.0511. The number of nitro groups is 1. The molecule has 0 spiro atoms. The molecule has 0 aliphatic rings. The van der Waals surface area contributed by atoms with Gasteiger partial charge in [-0.15, -0.1) is 0 Å². The van der Waals surface area contributed by atoms with E-state index >= 15 is 0 Å². The van der Waals surface area contributed by atoms with Crippen molar-refractivity contribution >= 4 is 5.69 Å². The average molecular weight is 233 g/mol. The number of non-ortho nitro benzene ring substituents is 1. The maximum absolute atomic E-state index is 10.5. The Morgan fingerprint density at radius 1 is 1.35 bits per heavy atom. The number of nitro benzene ring substituents is 1. The van der Waals surface area contributed by atoms with E-state index in [1.54, 1.807) is 23.1 Å². The van der Waals surface area contributed by atoms with Gasteiger partial charge in [-0.3, -0.25) is 14.8 Å². The van der Waals surface area contributed by atoms with Gasteiger partial charge in [0, 0.05) is 24.2 Å². The molecule has 2 rings (SSSR count). The lowest BCUT2D eigenvalue weighted by atomic mass is 10.2. The van der Waals surface area contributed by atoms with Crippen LogP contribution in [0.3, 0.4) is 0 Å². The second-order valence-electron chi connectivity index (χ2n) is 3.42. The van der Waals surface area contributed by atoms with Crippen molar-refractivity contribution in [2.24, 2.45) is 5.73 Å². The minimum atomic E-state index is -0.440. The van der Waals surface area contributed by atoms with Crippen LogP contribution in [0.1, 0.15) is 0 Å². The molecule has 17 heavy (non-hydrogen) atoms. The maximum Gasteiger partial charge on any atom is 0.269 e. The van der Waals surface area contributed by atoms with Crippen LogP contribution in [-0.4, -0.2) is 26.2 Å². The standard InChI is InChI=1S/C10H11N5O2/c11-5-6-14-7-12-10(13-14)8-1-3-9(4-2-8)15(16)17/h1-4,7H,5-6,11H2. The summed E-state index contributed by atoms with van der Waals surface area (Å²) in [4.78, 5) is 14.2. The Morgan fingerprint density at radius 3 is 2.65 bits per heavy atom. The summed E-state index contributed by atoms with van der Waals surface area (Å²) in [5, 5.41) is 14.7. The van der Waals surface area contributed by atoms with Crippen LogP contribution in [0.2, 0.25) is 0 Å². The molecule has 0 bridgehead atoms. The molecule has 0 amide bonds. The van der Waals surface area contributed by atoms with E-state index in [2.05, 4.69) is 10.1 Å². The summed E-state index contributed by atoms with van der Waals surface area (Å²) in [6.45, 7) is 1.09. The van der Waals surface area contributed by atoms with Crippen LogP contribution in [0.5, 0.6) is 0 Å². The molecular weight excluding hydrogens is 222 g/mol. The fraction of sp³-hybridized carbons (Fsp3) is 0.200. The molecule has 0 atom stereocenters. The molecule has 0 aliphatic heterocycles. The van der Waals surface area contributed by atoms with Crippen molar-refractivity contribution < 1.29 is 4.92 Å². The predicted octanol–water partition coefficient (Wildman–Crippen LogP) is 0.812. The Labute approximate surface area is 97.0 Å². The number of hydrogen-bond acceptors (Lipinski definition) is 5. The maximum atomic E-state index is 10.5. The Balaban J connectivity index is 2.23. The first-order chi connectivity index (χ1) is 8.20. The molecule has 0 radical (unpaired) electrons. The number of nitrogens with zero attached hydrogens (tertiary/aromatic N) is 4. The second kappa shape index (κ2) is 4.71. The molecule has 88 valence electrons. The highest BCUT2D eigenvalue weighted by Crippen LogP contribution is 2.18. The van der Waals surface area contributed by atoms with Gasteiger partial charge in [0.2, 0.25) is 0 Å². The molecule has 0 unspecified atom stereocenters. The van der Waals surface area contributed by atoms with Crippen molar-refractivity contribution in [3.63, 3.8) is 0 Å². The first kappa shape index (κ1) is 11.2. The molecule has 0 aliphatic carbocycles. The summed E-state index contributed by atoms with van der Waals surface area (Å²) < 4.78 is 1.64. The topological polar surface area (TPSA) is 99.9 Å². The molecule has 7 heteroatoms. The van der Waals surface area contributed by atoms with E-state index in [9.17, 15) is 10.1 Å². The predicted molar refractivity (Wildman–Crippen MR) is 61.2 cm³/mol. The number of rotatable bonds is 4. The van der Waals surface area contributed by atoms with Crippen LogP contribution in [0.15, 0.2) is 30.6 Å². The van der Waals surface area contributed by atoms with E-state index in [0.717, 1.165) is 5.56 Å². The normalized spacial score (nSPS) is 10.4. The number of nitrogens with two attached hydrogens (primary N) is 1. The summed E-state index contributed by atoms with van der Waals surface area (Å²) in [5.74, 6) is 0.536. The van der Waals surface area contributed by atoms with E-state index in [0.29, 0.717) is 18.9 Å². The fourth-order valence-corrected chi connectivity index (χ4v) is 1.40. The van der Waals surface area contributed by atoms with Gasteiger partial charge in [-0.2, -0.15) is 5.10 Å². The highest BCUT2D eigenvalue weighted by atomic mass is 16.6. The highest BCUT2D eigenvalue weighted by Gasteiger charge is 2.07. The molecule has 1 aromatic carbocycles. The van der Waals surface area contributed by atoms with Gasteiger partial charge in [0.15, 0.2) is 5.82 Å². The molecule has 1 heterocycles. The zero-order chi connectivity index (χ0) is 12.3. The molecular formula is C10H11N5O2. The quantitative estimate of drug-likeness (QED) is 0.622. The van der Waals surface area contributed by atoms with Gasteiger partial charge < -0.3 is 5.73 Å². The van der Waals surface area contributed by atoms with E-state index in [4.69, 9.17) is 5.73 Å². The molecule has 2 N–H and O–H groups in total. The molecule has 0 saturated carbocycles. The summed E-state index contributed by atoms with van der Waals surface area (Å²) >= 11 is 0. The number of benzene rings is 1. The average Bonchev–Trinajstić information content (AvgIpc) is 2.78. The fourth-order valence-electron chi connectivity index (χ4n) is 1.40. The Kier molecular flexibility index (Phi) is 3.10. The molecule has 0 fully saturated rings. The monoisotopic (exact) mass is 233 g/mol. The molecule has 1 aromatic heterocycles. The van der Waals surface area contributed by atoms with E-state index in [-0.39, 0.29) is 5.69 Å². The van der Waals surface area contributed by atoms with Gasteiger partial charge in [-0.1, -0.05) is 0 Å². The largest absolute Gasteiger partial charge is 0.329 e. The Hall–Kier alpha value is -2.28. The number of aromatic nitrogens is 3. The summed E-state index contributed by atoms with van der Waals surface area (Å²) in [7, 11) is 0. The molecule has 2 aromatic rings. The Bertz CT molecular complexity index is 520. The van der Waals surface area contributed by atoms with Crippen LogP contribution in [-0.2, 0) is 6.54 Å². The number of hydrogen-bond donors (Lipinski definition) is 1. The third kappa shape index (κ3) is 2.45. The van der Waals surface area contributed by atoms with Gasteiger partial charge in [0.1, 0.15) is 6.33 Å². The third-order valence-corrected chi connectivity index (χ3v) is 2.23. The summed E-state index contributed by atoms with van der Waals surface area (Å²) in [5.41, 5.74) is 6.19. The van der Waals surface area contributed by atoms with Crippen molar-refractivity contribution in [1.29, 1.82) is 0 Å². The van der Waals surface area contributed by atoms with E-state index in [1.807, 2.05) is 0 Å². The van der Waals surface area contributed by atoms with E-state index in [1.165, 1.54) is 12.1 Å². The minimum Gasteiger partial charge on any atom is -0.329 e. The molecule has 7 nitrogen and oxygen atoms in total. The second-order valence-corrected chi connectivity index (χ2v) is 3.42. The molecule has 0 saturated heterocycles. The Morgan fingerprint density at radius 2 is 2.06 bits per heavy atom.